The maximum absolute atomic E-state index is 11.9. The first kappa shape index (κ1) is 15.9. The van der Waals surface area contributed by atoms with Gasteiger partial charge in [-0.15, -0.1) is 13.2 Å². The molecule has 0 aromatic carbocycles. The van der Waals surface area contributed by atoms with Crippen LogP contribution < -0.4 is 5.73 Å². The number of carbonyl (C=O) groups is 1. The van der Waals surface area contributed by atoms with E-state index in [9.17, 15) is 13.2 Å². The zero-order valence-electron chi connectivity index (χ0n) is 10.1. The van der Waals surface area contributed by atoms with E-state index in [1.165, 1.54) is 4.90 Å². The molecule has 5 nitrogen and oxygen atoms in total. The molecule has 2 N–H and O–H groups in total. The maximum Gasteiger partial charge on any atom is 0.240 e. The molecule has 0 radical (unpaired) electrons. The second-order valence-electron chi connectivity index (χ2n) is 3.85. The molecule has 0 saturated heterocycles. The molecule has 0 aliphatic carbocycles. The summed E-state index contributed by atoms with van der Waals surface area (Å²) in [6.45, 7) is 7.83. The number of carbonyl (C=O) groups excluding carboxylic acids is 1. The van der Waals surface area contributed by atoms with Crippen LogP contribution in [0.25, 0.3) is 0 Å². The summed E-state index contributed by atoms with van der Waals surface area (Å²) in [6, 6.07) is -0.801. The van der Waals surface area contributed by atoms with Crippen LogP contribution in [0.4, 0.5) is 0 Å². The van der Waals surface area contributed by atoms with Crippen LogP contribution in [0.2, 0.25) is 0 Å². The fourth-order valence-electron chi connectivity index (χ4n) is 1.27. The van der Waals surface area contributed by atoms with Crippen molar-refractivity contribution in [2.75, 3.05) is 25.1 Å². The van der Waals surface area contributed by atoms with Crippen molar-refractivity contribution in [2.24, 2.45) is 5.73 Å². The third-order valence-corrected chi connectivity index (χ3v) is 3.10. The monoisotopic (exact) mass is 260 g/mol. The van der Waals surface area contributed by atoms with Crippen molar-refractivity contribution in [3.63, 3.8) is 0 Å². The molecule has 6 heteroatoms. The van der Waals surface area contributed by atoms with Gasteiger partial charge in [-0.1, -0.05) is 12.2 Å². The van der Waals surface area contributed by atoms with Gasteiger partial charge in [0, 0.05) is 19.3 Å². The Balaban J connectivity index is 4.43. The lowest BCUT2D eigenvalue weighted by Crippen LogP contribution is -2.44. The van der Waals surface area contributed by atoms with Gasteiger partial charge < -0.3 is 10.6 Å². The maximum atomic E-state index is 11.9. The highest BCUT2D eigenvalue weighted by Crippen LogP contribution is 2.00. The van der Waals surface area contributed by atoms with Gasteiger partial charge in [-0.25, -0.2) is 8.42 Å². The van der Waals surface area contributed by atoms with Crippen molar-refractivity contribution < 1.29 is 13.2 Å². The average molecular weight is 260 g/mol. The molecule has 0 heterocycles. The Kier molecular flexibility index (Phi) is 6.75. The largest absolute Gasteiger partial charge is 0.334 e. The van der Waals surface area contributed by atoms with E-state index in [2.05, 4.69) is 13.2 Å². The first-order chi connectivity index (χ1) is 7.81. The number of amides is 1. The summed E-state index contributed by atoms with van der Waals surface area (Å²) in [7, 11) is -3.09. The van der Waals surface area contributed by atoms with E-state index in [0.29, 0.717) is 13.1 Å². The summed E-state index contributed by atoms with van der Waals surface area (Å²) in [5.74, 6) is -0.371. The van der Waals surface area contributed by atoms with Crippen LogP contribution in [-0.2, 0) is 14.6 Å². The summed E-state index contributed by atoms with van der Waals surface area (Å²) < 4.78 is 21.9. The fraction of sp³-hybridized carbons (Fsp3) is 0.545. The Bertz CT molecular complexity index is 366. The zero-order valence-corrected chi connectivity index (χ0v) is 10.9. The van der Waals surface area contributed by atoms with Crippen molar-refractivity contribution in [1.29, 1.82) is 0 Å². The van der Waals surface area contributed by atoms with E-state index in [1.54, 1.807) is 12.2 Å². The van der Waals surface area contributed by atoms with Crippen molar-refractivity contribution in [3.8, 4) is 0 Å². The van der Waals surface area contributed by atoms with Crippen LogP contribution in [0.15, 0.2) is 25.3 Å². The lowest BCUT2D eigenvalue weighted by atomic mass is 10.2. The van der Waals surface area contributed by atoms with Gasteiger partial charge in [-0.05, 0) is 6.42 Å². The Morgan fingerprint density at radius 2 is 1.82 bits per heavy atom. The minimum Gasteiger partial charge on any atom is -0.334 e. The Labute approximate surface area is 103 Å². The number of nitrogens with two attached hydrogens (primary N) is 1. The summed E-state index contributed by atoms with van der Waals surface area (Å²) in [5.41, 5.74) is 5.66. The summed E-state index contributed by atoms with van der Waals surface area (Å²) in [6.07, 6.45) is 4.42. The smallest absolute Gasteiger partial charge is 0.240 e. The SMILES string of the molecule is C=CCN(CC=C)C(=O)C(N)CCS(C)(=O)=O. The molecular formula is C11H20N2O3S. The molecule has 0 aromatic rings. The van der Waals surface area contributed by atoms with E-state index >= 15 is 0 Å². The van der Waals surface area contributed by atoms with E-state index in [4.69, 9.17) is 5.73 Å². The lowest BCUT2D eigenvalue weighted by Gasteiger charge is -2.22. The number of rotatable bonds is 8. The topological polar surface area (TPSA) is 80.5 Å². The molecule has 17 heavy (non-hydrogen) atoms. The highest BCUT2D eigenvalue weighted by molar-refractivity contribution is 7.90. The average Bonchev–Trinajstić information content (AvgIpc) is 2.23. The molecule has 0 saturated carbocycles. The van der Waals surface area contributed by atoms with Gasteiger partial charge in [-0.2, -0.15) is 0 Å². The van der Waals surface area contributed by atoms with Gasteiger partial charge in [-0.3, -0.25) is 4.79 Å². The van der Waals surface area contributed by atoms with Crippen LogP contribution in [0.5, 0.6) is 0 Å². The van der Waals surface area contributed by atoms with Gasteiger partial charge in [0.05, 0.1) is 11.8 Å². The second kappa shape index (κ2) is 7.24. The molecule has 1 unspecified atom stereocenters. The van der Waals surface area contributed by atoms with Gasteiger partial charge >= 0.3 is 0 Å². The summed E-state index contributed by atoms with van der Waals surface area (Å²) in [4.78, 5) is 13.3. The van der Waals surface area contributed by atoms with Gasteiger partial charge in [0.15, 0.2) is 0 Å². The van der Waals surface area contributed by atoms with Gasteiger partial charge in [0.25, 0.3) is 0 Å². The van der Waals surface area contributed by atoms with Crippen LogP contribution in [0.3, 0.4) is 0 Å². The third-order valence-electron chi connectivity index (χ3n) is 2.13. The van der Waals surface area contributed by atoms with E-state index < -0.39 is 15.9 Å². The first-order valence-electron chi connectivity index (χ1n) is 5.25. The molecule has 0 spiro atoms. The zero-order chi connectivity index (χ0) is 13.5. The van der Waals surface area contributed by atoms with E-state index in [1.807, 2.05) is 0 Å². The Morgan fingerprint density at radius 3 is 2.18 bits per heavy atom. The number of sulfone groups is 1. The minimum atomic E-state index is -3.09. The van der Waals surface area contributed by atoms with Crippen LogP contribution in [-0.4, -0.2) is 50.4 Å². The highest BCUT2D eigenvalue weighted by atomic mass is 32.2. The fourth-order valence-corrected chi connectivity index (χ4v) is 1.95. The Morgan fingerprint density at radius 1 is 1.35 bits per heavy atom. The second-order valence-corrected chi connectivity index (χ2v) is 6.11. The molecular weight excluding hydrogens is 240 g/mol. The van der Waals surface area contributed by atoms with Crippen molar-refractivity contribution in [2.45, 2.75) is 12.5 Å². The van der Waals surface area contributed by atoms with Crippen molar-refractivity contribution >= 4 is 15.7 Å². The molecule has 0 aliphatic heterocycles. The molecule has 0 aliphatic rings. The molecule has 0 fully saturated rings. The lowest BCUT2D eigenvalue weighted by molar-refractivity contribution is -0.131. The quantitative estimate of drug-likeness (QED) is 0.620. The van der Waals surface area contributed by atoms with Crippen molar-refractivity contribution in [3.05, 3.63) is 25.3 Å². The predicted molar refractivity (Wildman–Crippen MR) is 69.3 cm³/mol. The number of hydrogen-bond acceptors (Lipinski definition) is 4. The minimum absolute atomic E-state index is 0.0874. The normalized spacial score (nSPS) is 12.8. The standard InChI is InChI=1S/C11H20N2O3S/c1-4-7-13(8-5-2)11(14)10(12)6-9-17(3,15)16/h4-5,10H,1-2,6-9,12H2,3H3. The molecule has 98 valence electrons. The molecule has 0 aromatic heterocycles. The summed E-state index contributed by atoms with van der Waals surface area (Å²) in [5, 5.41) is 0. The predicted octanol–water partition coefficient (Wildman–Crippen LogP) is -0.0510. The molecule has 1 atom stereocenters. The van der Waals surface area contributed by atoms with Crippen LogP contribution >= 0.6 is 0 Å². The molecule has 0 rings (SSSR count). The Hall–Kier alpha value is -1.14. The summed E-state index contributed by atoms with van der Waals surface area (Å²) >= 11 is 0. The first-order valence-corrected chi connectivity index (χ1v) is 7.31. The van der Waals surface area contributed by atoms with E-state index in [0.717, 1.165) is 6.26 Å². The molecule has 0 bridgehead atoms. The number of nitrogens with zero attached hydrogens (tertiary/aromatic N) is 1. The molecule has 1 amide bonds. The van der Waals surface area contributed by atoms with E-state index in [-0.39, 0.29) is 18.1 Å². The van der Waals surface area contributed by atoms with Crippen LogP contribution in [0, 0.1) is 0 Å². The van der Waals surface area contributed by atoms with Gasteiger partial charge in [0.1, 0.15) is 9.84 Å². The van der Waals surface area contributed by atoms with Crippen molar-refractivity contribution in [1.82, 2.24) is 4.90 Å². The third kappa shape index (κ3) is 6.91. The van der Waals surface area contributed by atoms with Gasteiger partial charge in [0.2, 0.25) is 5.91 Å². The van der Waals surface area contributed by atoms with Crippen LogP contribution in [0.1, 0.15) is 6.42 Å². The number of hydrogen-bond donors (Lipinski definition) is 1. The highest BCUT2D eigenvalue weighted by Gasteiger charge is 2.20.